The van der Waals surface area contributed by atoms with Crippen LogP contribution in [0.25, 0.3) is 0 Å². The van der Waals surface area contributed by atoms with Gasteiger partial charge in [0.05, 0.1) is 0 Å². The zero-order valence-electron chi connectivity index (χ0n) is 18.0. The second-order valence-electron chi connectivity index (χ2n) is 7.22. The van der Waals surface area contributed by atoms with Gasteiger partial charge in [0.25, 0.3) is 0 Å². The number of amides is 1. The van der Waals surface area contributed by atoms with Gasteiger partial charge in [0, 0.05) is 45.2 Å². The molecule has 0 radical (unpaired) electrons. The number of aliphatic imine (C=N–C) groups is 1. The number of carbonyl (C=O) groups is 1. The van der Waals surface area contributed by atoms with Crippen molar-refractivity contribution in [2.45, 2.75) is 32.5 Å². The number of hydrogen-bond acceptors (Lipinski definition) is 3. The molecule has 0 saturated carbocycles. The SMILES string of the molecule is C=CCOc1ccccc1CNC(=NC)NCc1ccc(CN2CCCC2=O)cc1.I. The molecule has 1 saturated heterocycles. The van der Waals surface area contributed by atoms with Crippen LogP contribution >= 0.6 is 24.0 Å². The van der Waals surface area contributed by atoms with Crippen molar-refractivity contribution in [3.05, 3.63) is 77.9 Å². The molecule has 0 aliphatic carbocycles. The average molecular weight is 534 g/mol. The number of halogens is 1. The molecule has 2 N–H and O–H groups in total. The summed E-state index contributed by atoms with van der Waals surface area (Å²) in [6.07, 6.45) is 3.38. The summed E-state index contributed by atoms with van der Waals surface area (Å²) >= 11 is 0. The zero-order valence-corrected chi connectivity index (χ0v) is 20.3. The number of para-hydroxylation sites is 1. The van der Waals surface area contributed by atoms with E-state index in [0.29, 0.717) is 32.7 Å². The summed E-state index contributed by atoms with van der Waals surface area (Å²) in [6.45, 7) is 7.01. The van der Waals surface area contributed by atoms with Gasteiger partial charge in [-0.2, -0.15) is 0 Å². The van der Waals surface area contributed by atoms with E-state index in [-0.39, 0.29) is 29.9 Å². The van der Waals surface area contributed by atoms with E-state index in [0.717, 1.165) is 41.4 Å². The fourth-order valence-electron chi connectivity index (χ4n) is 3.38. The molecule has 166 valence electrons. The van der Waals surface area contributed by atoms with Gasteiger partial charge < -0.3 is 20.3 Å². The Bertz CT molecular complexity index is 883. The van der Waals surface area contributed by atoms with E-state index in [1.165, 1.54) is 0 Å². The molecule has 1 amide bonds. The van der Waals surface area contributed by atoms with Crippen LogP contribution in [-0.2, 0) is 24.4 Å². The summed E-state index contributed by atoms with van der Waals surface area (Å²) in [6, 6.07) is 16.3. The Balaban J connectivity index is 0.00000341. The van der Waals surface area contributed by atoms with Crippen molar-refractivity contribution in [3.8, 4) is 5.75 Å². The van der Waals surface area contributed by atoms with E-state index in [1.807, 2.05) is 29.2 Å². The van der Waals surface area contributed by atoms with Gasteiger partial charge in [0.2, 0.25) is 5.91 Å². The Labute approximate surface area is 201 Å². The highest BCUT2D eigenvalue weighted by Crippen LogP contribution is 2.18. The van der Waals surface area contributed by atoms with E-state index in [2.05, 4.69) is 46.5 Å². The van der Waals surface area contributed by atoms with E-state index in [4.69, 9.17) is 4.74 Å². The summed E-state index contributed by atoms with van der Waals surface area (Å²) in [7, 11) is 1.76. The van der Waals surface area contributed by atoms with Crippen LogP contribution in [0.3, 0.4) is 0 Å². The third kappa shape index (κ3) is 7.57. The van der Waals surface area contributed by atoms with Crippen molar-refractivity contribution in [3.63, 3.8) is 0 Å². The summed E-state index contributed by atoms with van der Waals surface area (Å²) < 4.78 is 5.70. The van der Waals surface area contributed by atoms with Crippen molar-refractivity contribution >= 4 is 35.8 Å². The van der Waals surface area contributed by atoms with Crippen LogP contribution < -0.4 is 15.4 Å². The summed E-state index contributed by atoms with van der Waals surface area (Å²) in [5.41, 5.74) is 3.37. The van der Waals surface area contributed by atoms with Crippen LogP contribution in [-0.4, -0.2) is 37.0 Å². The number of guanidine groups is 1. The lowest BCUT2D eigenvalue weighted by Gasteiger charge is -2.16. The number of carbonyl (C=O) groups excluding carboxylic acids is 1. The highest BCUT2D eigenvalue weighted by atomic mass is 127. The molecular formula is C24H31IN4O2. The van der Waals surface area contributed by atoms with Gasteiger partial charge in [-0.3, -0.25) is 9.79 Å². The molecule has 2 aromatic rings. The van der Waals surface area contributed by atoms with Crippen molar-refractivity contribution < 1.29 is 9.53 Å². The highest BCUT2D eigenvalue weighted by molar-refractivity contribution is 14.0. The Morgan fingerprint density at radius 3 is 2.52 bits per heavy atom. The second kappa shape index (κ2) is 13.0. The van der Waals surface area contributed by atoms with Gasteiger partial charge in [-0.15, -0.1) is 24.0 Å². The van der Waals surface area contributed by atoms with E-state index in [9.17, 15) is 4.79 Å². The number of nitrogens with one attached hydrogen (secondary N) is 2. The van der Waals surface area contributed by atoms with Crippen LogP contribution in [0.1, 0.15) is 29.5 Å². The van der Waals surface area contributed by atoms with Gasteiger partial charge in [0.15, 0.2) is 5.96 Å². The quantitative estimate of drug-likeness (QED) is 0.222. The molecule has 0 spiro atoms. The summed E-state index contributed by atoms with van der Waals surface area (Å²) in [4.78, 5) is 18.0. The predicted octanol–water partition coefficient (Wildman–Crippen LogP) is 3.86. The fraction of sp³-hybridized carbons (Fsp3) is 0.333. The normalized spacial score (nSPS) is 13.5. The van der Waals surface area contributed by atoms with Crippen LogP contribution in [0.4, 0.5) is 0 Å². The molecule has 31 heavy (non-hydrogen) atoms. The topological polar surface area (TPSA) is 66.0 Å². The van der Waals surface area contributed by atoms with Crippen LogP contribution in [0.2, 0.25) is 0 Å². The van der Waals surface area contributed by atoms with Gasteiger partial charge in [0.1, 0.15) is 12.4 Å². The third-order valence-corrected chi connectivity index (χ3v) is 5.03. The highest BCUT2D eigenvalue weighted by Gasteiger charge is 2.19. The first-order valence-electron chi connectivity index (χ1n) is 10.3. The molecule has 1 aliphatic rings. The fourth-order valence-corrected chi connectivity index (χ4v) is 3.38. The van der Waals surface area contributed by atoms with Gasteiger partial charge in [-0.05, 0) is 23.6 Å². The first kappa shape index (κ1) is 24.7. The number of likely N-dealkylation sites (tertiary alicyclic amines) is 1. The Hall–Kier alpha value is -2.55. The van der Waals surface area contributed by atoms with E-state index >= 15 is 0 Å². The monoisotopic (exact) mass is 534 g/mol. The third-order valence-electron chi connectivity index (χ3n) is 5.03. The standard InChI is InChI=1S/C24H30N4O2.HI/c1-3-15-30-22-8-5-4-7-21(22)17-27-24(25-2)26-16-19-10-12-20(13-11-19)18-28-14-6-9-23(28)29;/h3-5,7-8,10-13H,1,6,9,14-18H2,2H3,(H2,25,26,27);1H. The number of rotatable bonds is 9. The minimum atomic E-state index is 0. The first-order chi connectivity index (χ1) is 14.7. The van der Waals surface area contributed by atoms with Crippen molar-refractivity contribution in [2.75, 3.05) is 20.2 Å². The van der Waals surface area contributed by atoms with E-state index < -0.39 is 0 Å². The van der Waals surface area contributed by atoms with Crippen LogP contribution in [0, 0.1) is 0 Å². The van der Waals surface area contributed by atoms with Gasteiger partial charge in [-0.25, -0.2) is 0 Å². The molecule has 2 aromatic carbocycles. The maximum atomic E-state index is 11.8. The molecule has 1 heterocycles. The molecule has 1 aliphatic heterocycles. The lowest BCUT2D eigenvalue weighted by Crippen LogP contribution is -2.36. The Morgan fingerprint density at radius 1 is 1.13 bits per heavy atom. The lowest BCUT2D eigenvalue weighted by molar-refractivity contribution is -0.128. The molecular weight excluding hydrogens is 503 g/mol. The van der Waals surface area contributed by atoms with Gasteiger partial charge in [-0.1, -0.05) is 55.1 Å². The van der Waals surface area contributed by atoms with Crippen molar-refractivity contribution in [2.24, 2.45) is 4.99 Å². The minimum absolute atomic E-state index is 0. The summed E-state index contributed by atoms with van der Waals surface area (Å²) in [5.74, 6) is 1.82. The average Bonchev–Trinajstić information content (AvgIpc) is 3.18. The Kier molecular flexibility index (Phi) is 10.4. The molecule has 0 atom stereocenters. The lowest BCUT2D eigenvalue weighted by atomic mass is 10.1. The largest absolute Gasteiger partial charge is 0.489 e. The maximum absolute atomic E-state index is 11.8. The Morgan fingerprint density at radius 2 is 1.84 bits per heavy atom. The zero-order chi connectivity index (χ0) is 21.2. The number of benzene rings is 2. The van der Waals surface area contributed by atoms with Gasteiger partial charge >= 0.3 is 0 Å². The van der Waals surface area contributed by atoms with Crippen molar-refractivity contribution in [1.29, 1.82) is 0 Å². The first-order valence-corrected chi connectivity index (χ1v) is 10.3. The molecule has 0 bridgehead atoms. The smallest absolute Gasteiger partial charge is 0.222 e. The van der Waals surface area contributed by atoms with Crippen LogP contribution in [0.5, 0.6) is 5.75 Å². The molecule has 1 fully saturated rings. The molecule has 0 unspecified atom stereocenters. The number of ether oxygens (including phenoxy) is 1. The number of hydrogen-bond donors (Lipinski definition) is 2. The maximum Gasteiger partial charge on any atom is 0.222 e. The second-order valence-corrected chi connectivity index (χ2v) is 7.22. The summed E-state index contributed by atoms with van der Waals surface area (Å²) in [5, 5.41) is 6.66. The predicted molar refractivity (Wildman–Crippen MR) is 136 cm³/mol. The minimum Gasteiger partial charge on any atom is -0.489 e. The molecule has 7 heteroatoms. The molecule has 6 nitrogen and oxygen atoms in total. The van der Waals surface area contributed by atoms with Crippen molar-refractivity contribution in [1.82, 2.24) is 15.5 Å². The van der Waals surface area contributed by atoms with Crippen LogP contribution in [0.15, 0.2) is 66.2 Å². The number of nitrogens with zero attached hydrogens (tertiary/aromatic N) is 2. The molecule has 3 rings (SSSR count). The van der Waals surface area contributed by atoms with E-state index in [1.54, 1.807) is 13.1 Å². The molecule has 0 aromatic heterocycles.